The fourth-order valence-corrected chi connectivity index (χ4v) is 3.67. The number of rotatable bonds is 16. The van der Waals surface area contributed by atoms with Crippen LogP contribution >= 0.6 is 11.8 Å². The molecular formula is C19H22F18N2OS. The van der Waals surface area contributed by atoms with E-state index in [1.54, 1.807) is 19.0 Å². The minimum atomic E-state index is -8.73. The summed E-state index contributed by atoms with van der Waals surface area (Å²) in [5.74, 6) is -60.4. The Hall–Kier alpha value is -1.48. The Morgan fingerprint density at radius 1 is 0.707 bits per heavy atom. The van der Waals surface area contributed by atoms with Gasteiger partial charge in [-0.25, -0.2) is 4.39 Å². The summed E-state index contributed by atoms with van der Waals surface area (Å²) in [6.45, 7) is 1.62. The second kappa shape index (κ2) is 12.6. The van der Waals surface area contributed by atoms with Gasteiger partial charge < -0.3 is 10.2 Å². The smallest absolute Gasteiger partial charge is 0.356 e. The molecule has 0 aromatic carbocycles. The van der Waals surface area contributed by atoms with Crippen molar-refractivity contribution in [1.29, 1.82) is 0 Å². The third-order valence-electron chi connectivity index (χ3n) is 5.26. The molecule has 2 atom stereocenters. The van der Waals surface area contributed by atoms with Crippen molar-refractivity contribution < 1.29 is 83.8 Å². The van der Waals surface area contributed by atoms with Crippen molar-refractivity contribution in [2.45, 2.75) is 72.9 Å². The van der Waals surface area contributed by atoms with Crippen molar-refractivity contribution in [3.63, 3.8) is 0 Å². The number of carbonyl (C=O) groups is 1. The summed E-state index contributed by atoms with van der Waals surface area (Å²) in [5.41, 5.74) is -3.43. The molecule has 0 aromatic heterocycles. The third kappa shape index (κ3) is 7.54. The van der Waals surface area contributed by atoms with E-state index in [4.69, 9.17) is 0 Å². The highest BCUT2D eigenvalue weighted by Crippen LogP contribution is 2.64. The maximum atomic E-state index is 13.9. The first-order valence-electron chi connectivity index (χ1n) is 10.8. The van der Waals surface area contributed by atoms with Crippen LogP contribution in [-0.4, -0.2) is 96.9 Å². The summed E-state index contributed by atoms with van der Waals surface area (Å²) in [6.07, 6.45) is -10.6. The fourth-order valence-electron chi connectivity index (χ4n) is 2.69. The summed E-state index contributed by atoms with van der Waals surface area (Å²) in [4.78, 5) is 13.5. The van der Waals surface area contributed by atoms with Crippen molar-refractivity contribution >= 4 is 17.7 Å². The Balaban J connectivity index is 5.84. The van der Waals surface area contributed by atoms with Crippen LogP contribution in [0.15, 0.2) is 0 Å². The van der Waals surface area contributed by atoms with Gasteiger partial charge in [0.15, 0.2) is 5.50 Å². The Morgan fingerprint density at radius 2 is 1.10 bits per heavy atom. The van der Waals surface area contributed by atoms with Crippen molar-refractivity contribution in [2.75, 3.05) is 32.9 Å². The Labute approximate surface area is 224 Å². The zero-order valence-corrected chi connectivity index (χ0v) is 21.6. The molecule has 0 aliphatic heterocycles. The molecule has 0 aliphatic carbocycles. The van der Waals surface area contributed by atoms with Gasteiger partial charge in [0.05, 0.1) is 6.42 Å². The molecular weight excluding hydrogens is 646 g/mol. The van der Waals surface area contributed by atoms with E-state index < -0.39 is 88.9 Å². The minimum Gasteiger partial charge on any atom is -0.356 e. The number of alkyl halides is 18. The lowest BCUT2D eigenvalue weighted by Gasteiger charge is -2.42. The molecule has 0 saturated carbocycles. The molecule has 1 N–H and O–H groups in total. The van der Waals surface area contributed by atoms with Crippen molar-refractivity contribution in [3.05, 3.63) is 0 Å². The van der Waals surface area contributed by atoms with E-state index in [-0.39, 0.29) is 6.54 Å². The average molecular weight is 668 g/mol. The number of hydrogen-bond donors (Lipinski definition) is 1. The number of amides is 1. The SMILES string of the molecule is CC(CSC(F)CC(F)(F)C(F)(F)C(F)(F)C(F)(F)C(F)(F)C(F)(F)C(F)(F)C(F)(F)F)C(=O)NCCCN(C)C. The van der Waals surface area contributed by atoms with Crippen LogP contribution in [0.4, 0.5) is 79.0 Å². The molecule has 3 nitrogen and oxygen atoms in total. The van der Waals surface area contributed by atoms with Gasteiger partial charge >= 0.3 is 47.6 Å². The molecule has 0 rings (SSSR count). The van der Waals surface area contributed by atoms with Crippen molar-refractivity contribution in [1.82, 2.24) is 10.2 Å². The average Bonchev–Trinajstić information content (AvgIpc) is 2.78. The third-order valence-corrected chi connectivity index (χ3v) is 6.48. The topological polar surface area (TPSA) is 32.3 Å². The molecule has 22 heteroatoms. The maximum Gasteiger partial charge on any atom is 0.460 e. The lowest BCUT2D eigenvalue weighted by atomic mass is 9.88. The van der Waals surface area contributed by atoms with Gasteiger partial charge in [-0.05, 0) is 27.1 Å². The first kappa shape index (κ1) is 39.5. The Bertz CT molecular complexity index is 876. The lowest BCUT2D eigenvalue weighted by molar-refractivity contribution is -0.461. The monoisotopic (exact) mass is 668 g/mol. The highest BCUT2D eigenvalue weighted by Gasteiger charge is 2.95. The first-order valence-corrected chi connectivity index (χ1v) is 11.8. The van der Waals surface area contributed by atoms with Gasteiger partial charge in [0.2, 0.25) is 5.91 Å². The van der Waals surface area contributed by atoms with Gasteiger partial charge in [-0.3, -0.25) is 4.79 Å². The van der Waals surface area contributed by atoms with Crippen LogP contribution in [0.1, 0.15) is 19.8 Å². The number of halogens is 18. The number of thioether (sulfide) groups is 1. The summed E-state index contributed by atoms with van der Waals surface area (Å²) < 4.78 is 239. The quantitative estimate of drug-likeness (QED) is 0.141. The van der Waals surface area contributed by atoms with Gasteiger partial charge in [-0.15, -0.1) is 11.8 Å². The Kier molecular flexibility index (Phi) is 12.2. The van der Waals surface area contributed by atoms with Crippen LogP contribution in [0, 0.1) is 5.92 Å². The highest BCUT2D eigenvalue weighted by molar-refractivity contribution is 7.99. The van der Waals surface area contributed by atoms with E-state index in [0.717, 1.165) is 6.92 Å². The van der Waals surface area contributed by atoms with Crippen LogP contribution in [0.2, 0.25) is 0 Å². The van der Waals surface area contributed by atoms with Crippen molar-refractivity contribution in [2.24, 2.45) is 5.92 Å². The normalized spacial score (nSPS) is 16.6. The lowest BCUT2D eigenvalue weighted by Crippen LogP contribution is -2.74. The van der Waals surface area contributed by atoms with Gasteiger partial charge in [0.25, 0.3) is 0 Å². The van der Waals surface area contributed by atoms with E-state index >= 15 is 0 Å². The number of nitrogens with zero attached hydrogens (tertiary/aromatic N) is 1. The summed E-state index contributed by atoms with van der Waals surface area (Å²) in [6, 6.07) is 0. The summed E-state index contributed by atoms with van der Waals surface area (Å²) in [7, 11) is 3.37. The second-order valence-corrected chi connectivity index (χ2v) is 10.1. The molecule has 0 spiro atoms. The minimum absolute atomic E-state index is 0.0667. The van der Waals surface area contributed by atoms with Gasteiger partial charge in [0, 0.05) is 18.2 Å². The molecule has 1 amide bonds. The maximum absolute atomic E-state index is 13.9. The molecule has 41 heavy (non-hydrogen) atoms. The van der Waals surface area contributed by atoms with E-state index in [9.17, 15) is 83.8 Å². The molecule has 0 heterocycles. The number of nitrogens with one attached hydrogen (secondary N) is 1. The molecule has 2 unspecified atom stereocenters. The molecule has 0 saturated heterocycles. The molecule has 0 aromatic rings. The standard InChI is InChI=1S/C19H22F18N2OS/c1-9(11(40)38-5-4-6-39(2)3)8-41-10(20)7-12(21,22)13(23,24)14(25,26)15(27,28)16(29,30)17(31,32)18(33,34)19(35,36)37/h9-10H,4-8H2,1-3H3,(H,38,40). The zero-order valence-electron chi connectivity index (χ0n) is 20.8. The highest BCUT2D eigenvalue weighted by atomic mass is 32.2. The number of hydrogen-bond acceptors (Lipinski definition) is 3. The Morgan fingerprint density at radius 3 is 1.49 bits per heavy atom. The van der Waals surface area contributed by atoms with Crippen LogP contribution in [-0.2, 0) is 4.79 Å². The van der Waals surface area contributed by atoms with Gasteiger partial charge in [-0.2, -0.15) is 74.6 Å². The van der Waals surface area contributed by atoms with E-state index in [1.165, 1.54) is 0 Å². The van der Waals surface area contributed by atoms with Crippen LogP contribution in [0.5, 0.6) is 0 Å². The van der Waals surface area contributed by atoms with E-state index in [0.29, 0.717) is 13.0 Å². The van der Waals surface area contributed by atoms with Crippen LogP contribution < -0.4 is 5.32 Å². The van der Waals surface area contributed by atoms with E-state index in [2.05, 4.69) is 5.32 Å². The molecule has 246 valence electrons. The van der Waals surface area contributed by atoms with Gasteiger partial charge in [-0.1, -0.05) is 6.92 Å². The van der Waals surface area contributed by atoms with Crippen molar-refractivity contribution in [3.8, 4) is 0 Å². The van der Waals surface area contributed by atoms with Crippen LogP contribution in [0.25, 0.3) is 0 Å². The zero-order chi connectivity index (χ0) is 33.3. The fraction of sp³-hybridized carbons (Fsp3) is 0.947. The summed E-state index contributed by atoms with van der Waals surface area (Å²) >= 11 is -0.440. The molecule has 0 radical (unpaired) electrons. The molecule has 0 bridgehead atoms. The second-order valence-electron chi connectivity index (χ2n) is 8.94. The number of carbonyl (C=O) groups excluding carboxylic acids is 1. The molecule has 0 aliphatic rings. The summed E-state index contributed by atoms with van der Waals surface area (Å²) in [5, 5.41) is 2.31. The largest absolute Gasteiger partial charge is 0.460 e. The predicted octanol–water partition coefficient (Wildman–Crippen LogP) is 7.12. The predicted molar refractivity (Wildman–Crippen MR) is 108 cm³/mol. The molecule has 0 fully saturated rings. The first-order chi connectivity index (χ1) is 17.9. The van der Waals surface area contributed by atoms with Gasteiger partial charge in [0.1, 0.15) is 0 Å². The van der Waals surface area contributed by atoms with Crippen LogP contribution in [0.3, 0.4) is 0 Å². The van der Waals surface area contributed by atoms with E-state index in [1.807, 2.05) is 0 Å².